The van der Waals surface area contributed by atoms with Crippen molar-refractivity contribution in [3.05, 3.63) is 70.9 Å². The molecule has 0 atom stereocenters. The Morgan fingerprint density at radius 3 is 2.77 bits per heavy atom. The predicted octanol–water partition coefficient (Wildman–Crippen LogP) is 3.83. The minimum Gasteiger partial charge on any atom is -0.383 e. The standard InChI is InChI=1S/C24H25ClN4O/c1-3-17(5-4-16(2)24(30)29-12-10-20(26)11-13-29)6-9-21-22-14-19(25)8-7-18(22)15-28-23(21)27/h3-5,7-8,14-15,20H,2,10-13,26H2,1H3,(H2,27,28)/b5-4-,17-3+. The number of nitrogens with two attached hydrogens (primary N) is 2. The van der Waals surface area contributed by atoms with E-state index < -0.39 is 0 Å². The van der Waals surface area contributed by atoms with Gasteiger partial charge in [-0.1, -0.05) is 42.2 Å². The molecular weight excluding hydrogens is 396 g/mol. The van der Waals surface area contributed by atoms with Crippen molar-refractivity contribution in [1.29, 1.82) is 0 Å². The van der Waals surface area contributed by atoms with Gasteiger partial charge in [-0.15, -0.1) is 0 Å². The van der Waals surface area contributed by atoms with Crippen LogP contribution in [0.15, 0.2) is 60.3 Å². The van der Waals surface area contributed by atoms with Gasteiger partial charge in [0.15, 0.2) is 0 Å². The van der Waals surface area contributed by atoms with Gasteiger partial charge in [-0.3, -0.25) is 4.79 Å². The molecule has 1 aliphatic heterocycles. The SMILES string of the molecule is C=C(/C=C\C(C#Cc1c(N)ncc2ccc(Cl)cc12)=C/C)C(=O)N1CCC(N)CC1. The number of amides is 1. The third-order valence-electron chi connectivity index (χ3n) is 5.09. The lowest BCUT2D eigenvalue weighted by Gasteiger charge is -2.30. The lowest BCUT2D eigenvalue weighted by Crippen LogP contribution is -2.43. The van der Waals surface area contributed by atoms with Crippen molar-refractivity contribution in [2.45, 2.75) is 25.8 Å². The Hall–Kier alpha value is -3.07. The first-order valence-corrected chi connectivity index (χ1v) is 10.2. The van der Waals surface area contributed by atoms with Crippen LogP contribution in [0.5, 0.6) is 0 Å². The van der Waals surface area contributed by atoms with Gasteiger partial charge >= 0.3 is 0 Å². The molecule has 1 aliphatic rings. The number of halogens is 1. The van der Waals surface area contributed by atoms with E-state index in [2.05, 4.69) is 23.4 Å². The Kier molecular flexibility index (Phi) is 6.94. The van der Waals surface area contributed by atoms with Crippen molar-refractivity contribution < 1.29 is 4.79 Å². The minimum atomic E-state index is -0.0706. The molecule has 5 nitrogen and oxygen atoms in total. The summed E-state index contributed by atoms with van der Waals surface area (Å²) in [6.45, 7) is 7.12. The predicted molar refractivity (Wildman–Crippen MR) is 124 cm³/mol. The van der Waals surface area contributed by atoms with E-state index in [1.54, 1.807) is 29.3 Å². The number of fused-ring (bicyclic) bond motifs is 1. The average molecular weight is 421 g/mol. The fraction of sp³-hybridized carbons (Fsp3) is 0.250. The first kappa shape index (κ1) is 21.6. The van der Waals surface area contributed by atoms with Crippen molar-refractivity contribution in [1.82, 2.24) is 9.88 Å². The van der Waals surface area contributed by atoms with Crippen LogP contribution in [0.1, 0.15) is 25.3 Å². The highest BCUT2D eigenvalue weighted by Gasteiger charge is 2.21. The van der Waals surface area contributed by atoms with E-state index in [1.165, 1.54) is 0 Å². The Labute approximate surface area is 182 Å². The number of anilines is 1. The first-order valence-electron chi connectivity index (χ1n) is 9.83. The van der Waals surface area contributed by atoms with Crippen LogP contribution in [0.25, 0.3) is 10.8 Å². The van der Waals surface area contributed by atoms with Crippen LogP contribution in [0, 0.1) is 11.8 Å². The zero-order chi connectivity index (χ0) is 21.7. The molecule has 1 amide bonds. The molecule has 0 radical (unpaired) electrons. The molecule has 2 heterocycles. The van der Waals surface area contributed by atoms with Crippen LogP contribution in [0.4, 0.5) is 5.82 Å². The van der Waals surface area contributed by atoms with Crippen molar-refractivity contribution in [3.63, 3.8) is 0 Å². The van der Waals surface area contributed by atoms with Crippen molar-refractivity contribution >= 4 is 34.1 Å². The number of pyridine rings is 1. The van der Waals surface area contributed by atoms with Crippen LogP contribution >= 0.6 is 11.6 Å². The number of piperidine rings is 1. The molecule has 0 spiro atoms. The maximum absolute atomic E-state index is 12.5. The smallest absolute Gasteiger partial charge is 0.253 e. The van der Waals surface area contributed by atoms with Crippen LogP contribution in [0.3, 0.4) is 0 Å². The molecule has 1 aromatic heterocycles. The minimum absolute atomic E-state index is 0.0706. The summed E-state index contributed by atoms with van der Waals surface area (Å²) in [5, 5.41) is 2.37. The van der Waals surface area contributed by atoms with Gasteiger partial charge in [0.1, 0.15) is 5.82 Å². The number of carbonyl (C=O) groups excluding carboxylic acids is 1. The number of likely N-dealkylation sites (tertiary alicyclic amines) is 1. The monoisotopic (exact) mass is 420 g/mol. The molecule has 4 N–H and O–H groups in total. The van der Waals surface area contributed by atoms with E-state index in [-0.39, 0.29) is 11.9 Å². The number of nitrogens with zero attached hydrogens (tertiary/aromatic N) is 2. The second-order valence-corrected chi connectivity index (χ2v) is 7.67. The summed E-state index contributed by atoms with van der Waals surface area (Å²) in [6.07, 6.45) is 8.68. The highest BCUT2D eigenvalue weighted by atomic mass is 35.5. The van der Waals surface area contributed by atoms with E-state index in [0.717, 1.165) is 29.2 Å². The number of benzene rings is 1. The van der Waals surface area contributed by atoms with Gasteiger partial charge in [0.25, 0.3) is 5.91 Å². The molecule has 0 unspecified atom stereocenters. The second kappa shape index (κ2) is 9.62. The largest absolute Gasteiger partial charge is 0.383 e. The molecule has 0 saturated carbocycles. The summed E-state index contributed by atoms with van der Waals surface area (Å²) >= 11 is 6.13. The molecule has 30 heavy (non-hydrogen) atoms. The van der Waals surface area contributed by atoms with Gasteiger partial charge in [0, 0.05) is 52.3 Å². The summed E-state index contributed by atoms with van der Waals surface area (Å²) in [4.78, 5) is 18.6. The number of aromatic nitrogens is 1. The number of rotatable bonds is 3. The van der Waals surface area contributed by atoms with Gasteiger partial charge in [-0.25, -0.2) is 4.98 Å². The van der Waals surface area contributed by atoms with Crippen LogP contribution in [-0.4, -0.2) is 34.9 Å². The van der Waals surface area contributed by atoms with Gasteiger partial charge < -0.3 is 16.4 Å². The Morgan fingerprint density at radius 1 is 1.33 bits per heavy atom. The number of hydrogen-bond donors (Lipinski definition) is 2. The summed E-state index contributed by atoms with van der Waals surface area (Å²) < 4.78 is 0. The Morgan fingerprint density at radius 2 is 2.07 bits per heavy atom. The highest BCUT2D eigenvalue weighted by molar-refractivity contribution is 6.31. The molecule has 154 valence electrons. The third kappa shape index (κ3) is 5.10. The summed E-state index contributed by atoms with van der Waals surface area (Å²) in [7, 11) is 0. The quantitative estimate of drug-likeness (QED) is 0.449. The second-order valence-electron chi connectivity index (χ2n) is 7.23. The molecule has 3 rings (SSSR count). The van der Waals surface area contributed by atoms with Crippen molar-refractivity contribution in [2.24, 2.45) is 5.73 Å². The lowest BCUT2D eigenvalue weighted by molar-refractivity contribution is -0.127. The van der Waals surface area contributed by atoms with E-state index in [9.17, 15) is 4.79 Å². The average Bonchev–Trinajstić information content (AvgIpc) is 2.74. The first-order chi connectivity index (χ1) is 14.4. The van der Waals surface area contributed by atoms with Crippen molar-refractivity contribution in [2.75, 3.05) is 18.8 Å². The zero-order valence-electron chi connectivity index (χ0n) is 17.0. The molecule has 6 heteroatoms. The number of hydrogen-bond acceptors (Lipinski definition) is 4. The van der Waals surface area contributed by atoms with E-state index in [1.807, 2.05) is 25.1 Å². The van der Waals surface area contributed by atoms with E-state index >= 15 is 0 Å². The fourth-order valence-corrected chi connectivity index (χ4v) is 3.41. The maximum atomic E-state index is 12.5. The fourth-order valence-electron chi connectivity index (χ4n) is 3.24. The van der Waals surface area contributed by atoms with Gasteiger partial charge in [-0.05, 0) is 44.1 Å². The van der Waals surface area contributed by atoms with Crippen LogP contribution in [0.2, 0.25) is 5.02 Å². The van der Waals surface area contributed by atoms with Crippen LogP contribution in [-0.2, 0) is 4.79 Å². The Bertz CT molecular complexity index is 1090. The molecular formula is C24H25ClN4O. The highest BCUT2D eigenvalue weighted by Crippen LogP contribution is 2.25. The summed E-state index contributed by atoms with van der Waals surface area (Å²) in [5.74, 6) is 6.47. The normalized spacial score (nSPS) is 15.3. The van der Waals surface area contributed by atoms with E-state index in [0.29, 0.717) is 35.1 Å². The summed E-state index contributed by atoms with van der Waals surface area (Å²) in [6, 6.07) is 5.69. The third-order valence-corrected chi connectivity index (χ3v) is 5.33. The topological polar surface area (TPSA) is 85.2 Å². The van der Waals surface area contributed by atoms with Gasteiger partial charge in [0.05, 0.1) is 5.56 Å². The molecule has 1 aromatic carbocycles. The lowest BCUT2D eigenvalue weighted by atomic mass is 10.0. The number of nitrogen functional groups attached to an aromatic ring is 1. The van der Waals surface area contributed by atoms with Gasteiger partial charge in [0.2, 0.25) is 0 Å². The molecule has 0 bridgehead atoms. The zero-order valence-corrected chi connectivity index (χ0v) is 17.7. The molecule has 1 fully saturated rings. The molecule has 1 saturated heterocycles. The number of allylic oxidation sites excluding steroid dienone is 3. The van der Waals surface area contributed by atoms with Crippen molar-refractivity contribution in [3.8, 4) is 11.8 Å². The van der Waals surface area contributed by atoms with E-state index in [4.69, 9.17) is 23.1 Å². The van der Waals surface area contributed by atoms with Crippen LogP contribution < -0.4 is 11.5 Å². The number of carbonyl (C=O) groups is 1. The summed E-state index contributed by atoms with van der Waals surface area (Å²) in [5.41, 5.74) is 13.7. The Balaban J connectivity index is 1.78. The molecule has 0 aliphatic carbocycles. The van der Waals surface area contributed by atoms with Gasteiger partial charge in [-0.2, -0.15) is 0 Å². The maximum Gasteiger partial charge on any atom is 0.253 e. The molecule has 2 aromatic rings.